The highest BCUT2D eigenvalue weighted by molar-refractivity contribution is 6.29. The fourth-order valence-electron chi connectivity index (χ4n) is 7.39. The third-order valence-electron chi connectivity index (χ3n) is 9.62. The standard InChI is InChI=1S/C48H32/c1-4-16-33(17-5-1)36-28-37(34-18-6-2-7-19-34)30-39(29-36)40-22-10-11-23-41(40)46-31-38(35-20-8-3-9-21-35)32-47-44-26-13-12-24-42(44)43-25-14-15-27-45(43)48(46)47/h1-32H. The van der Waals surface area contributed by atoms with E-state index in [1.807, 2.05) is 0 Å². The molecular weight excluding hydrogens is 577 g/mol. The van der Waals surface area contributed by atoms with Gasteiger partial charge in [0.25, 0.3) is 0 Å². The van der Waals surface area contributed by atoms with Crippen molar-refractivity contribution in [2.45, 2.75) is 0 Å². The van der Waals surface area contributed by atoms with Crippen LogP contribution in [0.5, 0.6) is 0 Å². The average molecular weight is 609 g/mol. The van der Waals surface area contributed by atoms with Crippen molar-refractivity contribution in [3.63, 3.8) is 0 Å². The van der Waals surface area contributed by atoms with Crippen LogP contribution in [0.3, 0.4) is 0 Å². The zero-order valence-corrected chi connectivity index (χ0v) is 26.5. The van der Waals surface area contributed by atoms with Gasteiger partial charge in [-0.2, -0.15) is 0 Å². The van der Waals surface area contributed by atoms with Crippen LogP contribution in [0.1, 0.15) is 0 Å². The number of rotatable bonds is 5. The van der Waals surface area contributed by atoms with E-state index in [9.17, 15) is 0 Å². The van der Waals surface area contributed by atoms with Crippen LogP contribution in [0, 0.1) is 0 Å². The van der Waals surface area contributed by atoms with Crippen molar-refractivity contribution in [2.75, 3.05) is 0 Å². The van der Waals surface area contributed by atoms with Gasteiger partial charge in [0.1, 0.15) is 0 Å². The van der Waals surface area contributed by atoms with E-state index in [1.54, 1.807) is 0 Å². The molecule has 0 amide bonds. The minimum atomic E-state index is 1.20. The monoisotopic (exact) mass is 608 g/mol. The van der Waals surface area contributed by atoms with E-state index in [0.717, 1.165) is 0 Å². The maximum atomic E-state index is 2.41. The Morgan fingerprint density at radius 3 is 1.10 bits per heavy atom. The van der Waals surface area contributed by atoms with E-state index in [2.05, 4.69) is 194 Å². The lowest BCUT2D eigenvalue weighted by atomic mass is 9.84. The highest BCUT2D eigenvalue weighted by Crippen LogP contribution is 2.45. The Hall–Kier alpha value is -6.24. The van der Waals surface area contributed by atoms with Gasteiger partial charge in [-0.05, 0) is 118 Å². The van der Waals surface area contributed by atoms with Crippen LogP contribution in [0.4, 0.5) is 0 Å². The lowest BCUT2D eigenvalue weighted by Gasteiger charge is -2.19. The van der Waals surface area contributed by atoms with Crippen LogP contribution >= 0.6 is 0 Å². The summed E-state index contributed by atoms with van der Waals surface area (Å²) in [7, 11) is 0. The quantitative estimate of drug-likeness (QED) is 0.171. The lowest BCUT2D eigenvalue weighted by Crippen LogP contribution is -1.92. The Balaban J connectivity index is 1.39. The fourth-order valence-corrected chi connectivity index (χ4v) is 7.39. The van der Waals surface area contributed by atoms with Gasteiger partial charge in [0.05, 0.1) is 0 Å². The second kappa shape index (κ2) is 11.8. The van der Waals surface area contributed by atoms with Crippen molar-refractivity contribution < 1.29 is 0 Å². The van der Waals surface area contributed by atoms with Gasteiger partial charge in [-0.3, -0.25) is 0 Å². The zero-order chi connectivity index (χ0) is 31.9. The summed E-state index contributed by atoms with van der Waals surface area (Å²) in [6.07, 6.45) is 0. The maximum Gasteiger partial charge on any atom is -0.00197 e. The van der Waals surface area contributed by atoms with Crippen LogP contribution in [0.15, 0.2) is 194 Å². The van der Waals surface area contributed by atoms with E-state index in [-0.39, 0.29) is 0 Å². The first-order valence-electron chi connectivity index (χ1n) is 16.6. The van der Waals surface area contributed by atoms with Gasteiger partial charge >= 0.3 is 0 Å². The molecule has 0 N–H and O–H groups in total. The molecule has 224 valence electrons. The molecule has 0 heteroatoms. The Kier molecular flexibility index (Phi) is 6.91. The molecule has 0 aliphatic rings. The number of fused-ring (bicyclic) bond motifs is 6. The smallest absolute Gasteiger partial charge is 0.00197 e. The summed E-state index contributed by atoms with van der Waals surface area (Å²) >= 11 is 0. The van der Waals surface area contributed by atoms with E-state index in [4.69, 9.17) is 0 Å². The minimum absolute atomic E-state index is 1.20. The number of hydrogen-bond donors (Lipinski definition) is 0. The predicted molar refractivity (Wildman–Crippen MR) is 206 cm³/mol. The van der Waals surface area contributed by atoms with Gasteiger partial charge in [0, 0.05) is 0 Å². The van der Waals surface area contributed by atoms with Gasteiger partial charge in [-0.1, -0.05) is 164 Å². The van der Waals surface area contributed by atoms with E-state index >= 15 is 0 Å². The first-order chi connectivity index (χ1) is 23.8. The van der Waals surface area contributed by atoms with E-state index in [0.29, 0.717) is 0 Å². The normalized spacial score (nSPS) is 11.3. The number of hydrogen-bond acceptors (Lipinski definition) is 0. The molecule has 9 aromatic carbocycles. The summed E-state index contributed by atoms with van der Waals surface area (Å²) in [6.45, 7) is 0. The molecule has 0 aliphatic heterocycles. The predicted octanol–water partition coefficient (Wildman–Crippen LogP) is 13.5. The highest BCUT2D eigenvalue weighted by Gasteiger charge is 2.18. The molecular formula is C48H32. The molecule has 0 unspecified atom stereocenters. The lowest BCUT2D eigenvalue weighted by molar-refractivity contribution is 1.56. The first-order valence-corrected chi connectivity index (χ1v) is 16.6. The van der Waals surface area contributed by atoms with Crippen molar-refractivity contribution in [1.29, 1.82) is 0 Å². The third kappa shape index (κ3) is 4.87. The fraction of sp³-hybridized carbons (Fsp3) is 0. The van der Waals surface area contributed by atoms with Gasteiger partial charge in [-0.25, -0.2) is 0 Å². The Labute approximate surface area is 281 Å². The average Bonchev–Trinajstić information content (AvgIpc) is 3.18. The molecule has 0 fully saturated rings. The van der Waals surface area contributed by atoms with Gasteiger partial charge in [0.2, 0.25) is 0 Å². The Morgan fingerprint density at radius 1 is 0.188 bits per heavy atom. The van der Waals surface area contributed by atoms with Gasteiger partial charge < -0.3 is 0 Å². The SMILES string of the molecule is c1ccc(-c2cc(-c3ccccc3)cc(-c3ccccc3-c3cc(-c4ccccc4)cc4c5ccccc5c5ccccc5c34)c2)cc1. The molecule has 9 rings (SSSR count). The van der Waals surface area contributed by atoms with Crippen LogP contribution in [-0.4, -0.2) is 0 Å². The van der Waals surface area contributed by atoms with Crippen molar-refractivity contribution in [1.82, 2.24) is 0 Å². The summed E-state index contributed by atoms with van der Waals surface area (Å²) in [5.74, 6) is 0. The van der Waals surface area contributed by atoms with Gasteiger partial charge in [-0.15, -0.1) is 0 Å². The molecule has 0 saturated heterocycles. The molecule has 0 aliphatic carbocycles. The van der Waals surface area contributed by atoms with E-state index in [1.165, 1.54) is 88.0 Å². The first kappa shape index (κ1) is 28.0. The summed E-state index contributed by atoms with van der Waals surface area (Å²) in [5, 5.41) is 7.69. The molecule has 0 heterocycles. The highest BCUT2D eigenvalue weighted by atomic mass is 14.2. The van der Waals surface area contributed by atoms with Crippen molar-refractivity contribution in [3.8, 4) is 55.6 Å². The summed E-state index contributed by atoms with van der Waals surface area (Å²) < 4.78 is 0. The van der Waals surface area contributed by atoms with Crippen LogP contribution in [-0.2, 0) is 0 Å². The molecule has 0 atom stereocenters. The zero-order valence-electron chi connectivity index (χ0n) is 26.5. The van der Waals surface area contributed by atoms with Crippen molar-refractivity contribution >= 4 is 32.3 Å². The van der Waals surface area contributed by atoms with Crippen molar-refractivity contribution in [3.05, 3.63) is 194 Å². The van der Waals surface area contributed by atoms with Crippen molar-refractivity contribution in [2.24, 2.45) is 0 Å². The van der Waals surface area contributed by atoms with Crippen LogP contribution < -0.4 is 0 Å². The molecule has 48 heavy (non-hydrogen) atoms. The largest absolute Gasteiger partial charge is 0.0622 e. The maximum absolute atomic E-state index is 2.41. The molecule has 0 saturated carbocycles. The molecule has 0 nitrogen and oxygen atoms in total. The molecule has 0 spiro atoms. The molecule has 0 bridgehead atoms. The second-order valence-corrected chi connectivity index (χ2v) is 12.5. The second-order valence-electron chi connectivity index (χ2n) is 12.5. The van der Waals surface area contributed by atoms with E-state index < -0.39 is 0 Å². The number of benzene rings is 9. The van der Waals surface area contributed by atoms with Crippen LogP contribution in [0.25, 0.3) is 88.0 Å². The molecule has 0 radical (unpaired) electrons. The summed E-state index contributed by atoms with van der Waals surface area (Å²) in [4.78, 5) is 0. The van der Waals surface area contributed by atoms with Gasteiger partial charge in [0.15, 0.2) is 0 Å². The third-order valence-corrected chi connectivity index (χ3v) is 9.62. The Bertz CT molecular complexity index is 2520. The topological polar surface area (TPSA) is 0 Å². The Morgan fingerprint density at radius 2 is 0.562 bits per heavy atom. The summed E-state index contributed by atoms with van der Waals surface area (Å²) in [5.41, 5.74) is 12.2. The van der Waals surface area contributed by atoms with Crippen LogP contribution in [0.2, 0.25) is 0 Å². The minimum Gasteiger partial charge on any atom is -0.0622 e. The summed E-state index contributed by atoms with van der Waals surface area (Å²) in [6, 6.07) is 70.8. The molecule has 9 aromatic rings. The molecule has 0 aromatic heterocycles.